The van der Waals surface area contributed by atoms with E-state index in [-0.39, 0.29) is 11.8 Å². The maximum Gasteiger partial charge on any atom is 0.220 e. The first-order chi connectivity index (χ1) is 7.61. The number of nitrogens with two attached hydrogens (primary N) is 1. The largest absolute Gasteiger partial charge is 0.356 e. The van der Waals surface area contributed by atoms with Crippen LogP contribution in [0.5, 0.6) is 0 Å². The number of hydrogen-bond donors (Lipinski definition) is 2. The van der Waals surface area contributed by atoms with E-state index in [0.717, 1.165) is 10.8 Å². The molecule has 0 aromatic carbocycles. The zero-order valence-electron chi connectivity index (χ0n) is 9.33. The molecule has 3 N–H and O–H groups in total. The van der Waals surface area contributed by atoms with Crippen LogP contribution in [0.15, 0.2) is 12.1 Å². The van der Waals surface area contributed by atoms with Gasteiger partial charge >= 0.3 is 0 Å². The first-order valence-corrected chi connectivity index (χ1v) is 6.52. The van der Waals surface area contributed by atoms with Crippen molar-refractivity contribution in [2.24, 2.45) is 11.7 Å². The summed E-state index contributed by atoms with van der Waals surface area (Å²) < 4.78 is 0.790. The lowest BCUT2D eigenvalue weighted by atomic mass is 10.1. The van der Waals surface area contributed by atoms with E-state index in [1.54, 1.807) is 11.3 Å². The van der Waals surface area contributed by atoms with Crippen LogP contribution in [0.2, 0.25) is 4.34 Å². The maximum atomic E-state index is 11.4. The molecule has 1 aromatic rings. The number of carbonyl (C=O) groups excluding carboxylic acids is 1. The molecule has 1 heterocycles. The van der Waals surface area contributed by atoms with Crippen LogP contribution in [0, 0.1) is 5.92 Å². The van der Waals surface area contributed by atoms with Crippen molar-refractivity contribution < 1.29 is 4.79 Å². The van der Waals surface area contributed by atoms with Crippen molar-refractivity contribution in [3.63, 3.8) is 0 Å². The van der Waals surface area contributed by atoms with Crippen LogP contribution in [0.1, 0.15) is 18.2 Å². The predicted octanol–water partition coefficient (Wildman–Crippen LogP) is 2.05. The zero-order valence-corrected chi connectivity index (χ0v) is 10.9. The van der Waals surface area contributed by atoms with Crippen LogP contribution in [0.25, 0.3) is 0 Å². The number of nitrogens with one attached hydrogen (secondary N) is 1. The van der Waals surface area contributed by atoms with E-state index in [1.165, 1.54) is 4.88 Å². The Kier molecular flexibility index (Phi) is 5.80. The summed E-state index contributed by atoms with van der Waals surface area (Å²) >= 11 is 7.36. The van der Waals surface area contributed by atoms with Gasteiger partial charge in [-0.25, -0.2) is 0 Å². The van der Waals surface area contributed by atoms with E-state index >= 15 is 0 Å². The monoisotopic (exact) mass is 260 g/mol. The van der Waals surface area contributed by atoms with Gasteiger partial charge < -0.3 is 11.1 Å². The summed E-state index contributed by atoms with van der Waals surface area (Å²) in [4.78, 5) is 12.6. The van der Waals surface area contributed by atoms with E-state index < -0.39 is 0 Å². The van der Waals surface area contributed by atoms with Crippen molar-refractivity contribution >= 4 is 28.8 Å². The highest BCUT2D eigenvalue weighted by Crippen LogP contribution is 2.21. The quantitative estimate of drug-likeness (QED) is 0.823. The van der Waals surface area contributed by atoms with E-state index in [0.29, 0.717) is 19.5 Å². The van der Waals surface area contributed by atoms with Crippen LogP contribution in [-0.4, -0.2) is 19.0 Å². The Hall–Kier alpha value is -0.580. The van der Waals surface area contributed by atoms with Gasteiger partial charge in [-0.2, -0.15) is 0 Å². The SMILES string of the molecule is CC(CN)CC(=O)NCCc1ccc(Cl)s1. The molecule has 1 unspecified atom stereocenters. The number of halogens is 1. The lowest BCUT2D eigenvalue weighted by Gasteiger charge is -2.08. The van der Waals surface area contributed by atoms with E-state index in [4.69, 9.17) is 17.3 Å². The number of rotatable bonds is 6. The molecule has 0 fully saturated rings. The van der Waals surface area contributed by atoms with Gasteiger partial charge in [0.15, 0.2) is 0 Å². The minimum absolute atomic E-state index is 0.0700. The molecule has 1 aromatic heterocycles. The smallest absolute Gasteiger partial charge is 0.220 e. The molecule has 0 aliphatic carbocycles. The molecule has 1 amide bonds. The van der Waals surface area contributed by atoms with E-state index in [9.17, 15) is 4.79 Å². The van der Waals surface area contributed by atoms with Crippen molar-refractivity contribution in [2.45, 2.75) is 19.8 Å². The molecule has 3 nitrogen and oxygen atoms in total. The Morgan fingerprint density at radius 1 is 1.62 bits per heavy atom. The molecule has 1 atom stereocenters. The van der Waals surface area contributed by atoms with Crippen LogP contribution < -0.4 is 11.1 Å². The van der Waals surface area contributed by atoms with Gasteiger partial charge in [0.25, 0.3) is 0 Å². The van der Waals surface area contributed by atoms with Crippen molar-refractivity contribution in [1.29, 1.82) is 0 Å². The molecule has 0 aliphatic rings. The fourth-order valence-electron chi connectivity index (χ4n) is 1.28. The Bertz CT molecular complexity index is 340. The highest BCUT2D eigenvalue weighted by Gasteiger charge is 2.06. The summed E-state index contributed by atoms with van der Waals surface area (Å²) in [7, 11) is 0. The molecule has 0 aliphatic heterocycles. The van der Waals surface area contributed by atoms with Gasteiger partial charge in [-0.05, 0) is 31.0 Å². The Morgan fingerprint density at radius 3 is 2.94 bits per heavy atom. The minimum atomic E-state index is 0.0700. The predicted molar refractivity (Wildman–Crippen MR) is 68.9 cm³/mol. The fourth-order valence-corrected chi connectivity index (χ4v) is 2.37. The second-order valence-electron chi connectivity index (χ2n) is 3.85. The summed E-state index contributed by atoms with van der Waals surface area (Å²) in [6.07, 6.45) is 1.34. The number of thiophene rings is 1. The van der Waals surface area contributed by atoms with Gasteiger partial charge in [0, 0.05) is 17.8 Å². The van der Waals surface area contributed by atoms with E-state index in [2.05, 4.69) is 5.32 Å². The molecule has 5 heteroatoms. The van der Waals surface area contributed by atoms with Gasteiger partial charge in [0.2, 0.25) is 5.91 Å². The number of carbonyl (C=O) groups is 1. The Balaban J connectivity index is 2.18. The third-order valence-electron chi connectivity index (χ3n) is 2.26. The summed E-state index contributed by atoms with van der Waals surface area (Å²) in [5.41, 5.74) is 5.45. The molecule has 0 saturated carbocycles. The third-order valence-corrected chi connectivity index (χ3v) is 3.55. The lowest BCUT2D eigenvalue weighted by molar-refractivity contribution is -0.121. The highest BCUT2D eigenvalue weighted by atomic mass is 35.5. The summed E-state index contributed by atoms with van der Waals surface area (Å²) in [5, 5.41) is 2.87. The van der Waals surface area contributed by atoms with Gasteiger partial charge in [-0.15, -0.1) is 11.3 Å². The second-order valence-corrected chi connectivity index (χ2v) is 5.65. The fraction of sp³-hybridized carbons (Fsp3) is 0.545. The molecule has 0 saturated heterocycles. The zero-order chi connectivity index (χ0) is 12.0. The first kappa shape index (κ1) is 13.5. The lowest BCUT2D eigenvalue weighted by Crippen LogP contribution is -2.28. The third kappa shape index (κ3) is 4.96. The average molecular weight is 261 g/mol. The Labute approximate surface area is 105 Å². The number of hydrogen-bond acceptors (Lipinski definition) is 3. The average Bonchev–Trinajstić information content (AvgIpc) is 2.64. The molecule has 0 spiro atoms. The molecule has 1 rings (SSSR count). The summed E-state index contributed by atoms with van der Waals surface area (Å²) in [6, 6.07) is 3.86. The van der Waals surface area contributed by atoms with Gasteiger partial charge in [0.1, 0.15) is 0 Å². The summed E-state index contributed by atoms with van der Waals surface area (Å²) in [5.74, 6) is 0.316. The number of amides is 1. The summed E-state index contributed by atoms with van der Waals surface area (Å²) in [6.45, 7) is 3.18. The van der Waals surface area contributed by atoms with Crippen LogP contribution in [-0.2, 0) is 11.2 Å². The molecule has 0 bridgehead atoms. The van der Waals surface area contributed by atoms with Crippen molar-refractivity contribution in [3.05, 3.63) is 21.3 Å². The maximum absolute atomic E-state index is 11.4. The normalized spacial score (nSPS) is 12.4. The van der Waals surface area contributed by atoms with E-state index in [1.807, 2.05) is 19.1 Å². The first-order valence-electron chi connectivity index (χ1n) is 5.32. The van der Waals surface area contributed by atoms with Gasteiger partial charge in [0.05, 0.1) is 4.34 Å². The van der Waals surface area contributed by atoms with Crippen LogP contribution in [0.3, 0.4) is 0 Å². The Morgan fingerprint density at radius 2 is 2.38 bits per heavy atom. The molecular weight excluding hydrogens is 244 g/mol. The molecule has 16 heavy (non-hydrogen) atoms. The van der Waals surface area contributed by atoms with Gasteiger partial charge in [-0.3, -0.25) is 4.79 Å². The van der Waals surface area contributed by atoms with Crippen LogP contribution >= 0.6 is 22.9 Å². The molecule has 0 radical (unpaired) electrons. The highest BCUT2D eigenvalue weighted by molar-refractivity contribution is 7.16. The van der Waals surface area contributed by atoms with Crippen molar-refractivity contribution in [2.75, 3.05) is 13.1 Å². The van der Waals surface area contributed by atoms with Gasteiger partial charge in [-0.1, -0.05) is 18.5 Å². The molecule has 90 valence electrons. The van der Waals surface area contributed by atoms with Crippen molar-refractivity contribution in [3.8, 4) is 0 Å². The topological polar surface area (TPSA) is 55.1 Å². The standard InChI is InChI=1S/C11H17ClN2OS/c1-8(7-13)6-11(15)14-5-4-9-2-3-10(12)16-9/h2-3,8H,4-7,13H2,1H3,(H,14,15). The van der Waals surface area contributed by atoms with Crippen molar-refractivity contribution in [1.82, 2.24) is 5.32 Å². The minimum Gasteiger partial charge on any atom is -0.356 e. The van der Waals surface area contributed by atoms with Crippen LogP contribution in [0.4, 0.5) is 0 Å². The second kappa shape index (κ2) is 6.89. The molecular formula is C11H17ClN2OS.